The third kappa shape index (κ3) is 5.05. The molecule has 6 rings (SSSR count). The summed E-state index contributed by atoms with van der Waals surface area (Å²) in [4.78, 5) is 19.7. The summed E-state index contributed by atoms with van der Waals surface area (Å²) in [5.74, 6) is 1.15. The molecular weight excluding hydrogens is 526 g/mol. The number of nitrogens with one attached hydrogen (secondary N) is 1. The molecule has 1 aliphatic rings. The summed E-state index contributed by atoms with van der Waals surface area (Å²) in [5, 5.41) is 8.21. The van der Waals surface area contributed by atoms with E-state index in [9.17, 15) is 4.79 Å². The van der Waals surface area contributed by atoms with Crippen LogP contribution < -0.4 is 9.47 Å². The molecular formula is C31H28ClN5O3. The number of aromatic nitrogens is 4. The first-order valence-corrected chi connectivity index (χ1v) is 13.5. The Labute approximate surface area is 237 Å². The monoisotopic (exact) mass is 553 g/mol. The first-order chi connectivity index (χ1) is 19.6. The van der Waals surface area contributed by atoms with Crippen LogP contribution in [0.5, 0.6) is 11.5 Å². The molecule has 5 aromatic rings. The highest BCUT2D eigenvalue weighted by Gasteiger charge is 2.42. The number of carbonyl (C=O) groups excluding carboxylic acids is 1. The number of aromatic amines is 1. The number of halogens is 1. The molecule has 0 saturated carbocycles. The Hall–Kier alpha value is -4.56. The predicted octanol–water partition coefficient (Wildman–Crippen LogP) is 6.15. The van der Waals surface area contributed by atoms with Crippen LogP contribution in [0.2, 0.25) is 5.02 Å². The Morgan fingerprint density at radius 1 is 1.00 bits per heavy atom. The van der Waals surface area contributed by atoms with Crippen molar-refractivity contribution < 1.29 is 14.3 Å². The summed E-state index contributed by atoms with van der Waals surface area (Å²) >= 11 is 6.15. The highest BCUT2D eigenvalue weighted by molar-refractivity contribution is 6.30. The van der Waals surface area contributed by atoms with Crippen molar-refractivity contribution >= 4 is 17.5 Å². The van der Waals surface area contributed by atoms with Gasteiger partial charge in [-0.25, -0.2) is 4.98 Å². The standard InChI is InChI=1S/C31H28ClN5O3/c1-39-26-18-23(10-13-25(26)40-19-21-6-3-2-4-7-21)30-27-28(22-8-11-24(32)12-9-22)34-35-29(27)31(38)37(30)16-5-15-36-17-14-33-20-36/h2-4,6-14,17-18,20,30H,5,15-16,19H2,1H3,(H,34,35). The fraction of sp³-hybridized carbons (Fsp3) is 0.194. The van der Waals surface area contributed by atoms with Crippen LogP contribution >= 0.6 is 11.6 Å². The molecule has 202 valence electrons. The molecule has 0 saturated heterocycles. The Kier molecular flexibility index (Phi) is 7.25. The van der Waals surface area contributed by atoms with Gasteiger partial charge in [-0.2, -0.15) is 5.10 Å². The largest absolute Gasteiger partial charge is 0.493 e. The van der Waals surface area contributed by atoms with Gasteiger partial charge in [0.05, 0.1) is 25.2 Å². The normalized spacial score (nSPS) is 14.4. The topological polar surface area (TPSA) is 85.3 Å². The number of H-pyrrole nitrogens is 1. The summed E-state index contributed by atoms with van der Waals surface area (Å²) in [7, 11) is 1.62. The van der Waals surface area contributed by atoms with Gasteiger partial charge in [-0.1, -0.05) is 60.1 Å². The Balaban J connectivity index is 1.35. The van der Waals surface area contributed by atoms with Crippen molar-refractivity contribution in [2.75, 3.05) is 13.7 Å². The second-order valence-electron chi connectivity index (χ2n) is 9.61. The minimum absolute atomic E-state index is 0.0817. The van der Waals surface area contributed by atoms with Gasteiger partial charge in [0.25, 0.3) is 5.91 Å². The molecule has 2 aromatic heterocycles. The van der Waals surface area contributed by atoms with E-state index >= 15 is 0 Å². The molecule has 1 atom stereocenters. The average molecular weight is 554 g/mol. The number of benzene rings is 3. The number of ether oxygens (including phenoxy) is 2. The van der Waals surface area contributed by atoms with Crippen molar-refractivity contribution in [1.82, 2.24) is 24.6 Å². The number of hydrogen-bond acceptors (Lipinski definition) is 5. The highest BCUT2D eigenvalue weighted by atomic mass is 35.5. The summed E-state index contributed by atoms with van der Waals surface area (Å²) in [6.45, 7) is 1.73. The molecule has 1 aliphatic heterocycles. The smallest absolute Gasteiger partial charge is 0.273 e. The number of fused-ring (bicyclic) bond motifs is 1. The quantitative estimate of drug-likeness (QED) is 0.224. The maximum atomic E-state index is 13.7. The zero-order valence-electron chi connectivity index (χ0n) is 22.0. The van der Waals surface area contributed by atoms with Crippen LogP contribution in [0.4, 0.5) is 0 Å². The third-order valence-corrected chi connectivity index (χ3v) is 7.35. The molecule has 0 fully saturated rings. The first kappa shape index (κ1) is 25.7. The molecule has 3 aromatic carbocycles. The van der Waals surface area contributed by atoms with Crippen molar-refractivity contribution in [3.8, 4) is 22.8 Å². The molecule has 40 heavy (non-hydrogen) atoms. The minimum atomic E-state index is -0.355. The summed E-state index contributed by atoms with van der Waals surface area (Å²) in [6.07, 6.45) is 6.23. The van der Waals surface area contributed by atoms with Gasteiger partial charge in [-0.3, -0.25) is 9.89 Å². The maximum absolute atomic E-state index is 13.7. The predicted molar refractivity (Wildman–Crippen MR) is 153 cm³/mol. The molecule has 1 amide bonds. The van der Waals surface area contributed by atoms with E-state index in [0.29, 0.717) is 35.4 Å². The van der Waals surface area contributed by atoms with E-state index < -0.39 is 0 Å². The van der Waals surface area contributed by atoms with Gasteiger partial charge < -0.3 is 18.9 Å². The van der Waals surface area contributed by atoms with E-state index in [-0.39, 0.29) is 11.9 Å². The van der Waals surface area contributed by atoms with Gasteiger partial charge >= 0.3 is 0 Å². The summed E-state index contributed by atoms with van der Waals surface area (Å²) < 4.78 is 13.9. The number of hydrogen-bond donors (Lipinski definition) is 1. The number of aryl methyl sites for hydroxylation is 1. The lowest BCUT2D eigenvalue weighted by Gasteiger charge is -2.27. The van der Waals surface area contributed by atoms with E-state index in [1.54, 1.807) is 19.6 Å². The fourth-order valence-corrected chi connectivity index (χ4v) is 5.28. The number of amides is 1. The number of methoxy groups -OCH3 is 1. The lowest BCUT2D eigenvalue weighted by Crippen LogP contribution is -2.31. The molecule has 9 heteroatoms. The molecule has 3 heterocycles. The average Bonchev–Trinajstić information content (AvgIpc) is 3.72. The lowest BCUT2D eigenvalue weighted by molar-refractivity contribution is 0.0739. The summed E-state index contributed by atoms with van der Waals surface area (Å²) in [5.41, 5.74) is 4.93. The molecule has 0 spiro atoms. The number of nitrogens with zero attached hydrogens (tertiary/aromatic N) is 4. The summed E-state index contributed by atoms with van der Waals surface area (Å²) in [6, 6.07) is 23.0. The van der Waals surface area contributed by atoms with Crippen LogP contribution in [-0.2, 0) is 13.2 Å². The second kappa shape index (κ2) is 11.3. The van der Waals surface area contributed by atoms with Gasteiger partial charge in [0, 0.05) is 41.6 Å². The zero-order chi connectivity index (χ0) is 27.5. The van der Waals surface area contributed by atoms with Crippen molar-refractivity contribution in [2.24, 2.45) is 0 Å². The SMILES string of the molecule is COc1cc(C2c3c(-c4ccc(Cl)cc4)n[nH]c3C(=O)N2CCCn2ccnc2)ccc1OCc1ccccc1. The number of carbonyl (C=O) groups is 1. The number of imidazole rings is 1. The minimum Gasteiger partial charge on any atom is -0.493 e. The van der Waals surface area contributed by atoms with Crippen LogP contribution in [0, 0.1) is 0 Å². The Bertz CT molecular complexity index is 1600. The second-order valence-corrected chi connectivity index (χ2v) is 10.0. The lowest BCUT2D eigenvalue weighted by atomic mass is 9.95. The van der Waals surface area contributed by atoms with Crippen molar-refractivity contribution in [3.63, 3.8) is 0 Å². The molecule has 1 unspecified atom stereocenters. The van der Waals surface area contributed by atoms with Crippen LogP contribution in [0.15, 0.2) is 91.5 Å². The van der Waals surface area contributed by atoms with Gasteiger partial charge in [-0.05, 0) is 41.8 Å². The molecule has 0 radical (unpaired) electrons. The fourth-order valence-electron chi connectivity index (χ4n) is 5.15. The highest BCUT2D eigenvalue weighted by Crippen LogP contribution is 2.44. The maximum Gasteiger partial charge on any atom is 0.273 e. The van der Waals surface area contributed by atoms with Gasteiger partial charge in [0.1, 0.15) is 12.3 Å². The molecule has 8 nitrogen and oxygen atoms in total. The van der Waals surface area contributed by atoms with Gasteiger partial charge in [0.2, 0.25) is 0 Å². The van der Waals surface area contributed by atoms with Crippen molar-refractivity contribution in [2.45, 2.75) is 25.6 Å². The zero-order valence-corrected chi connectivity index (χ0v) is 22.7. The van der Waals surface area contributed by atoms with Gasteiger partial charge in [0.15, 0.2) is 11.5 Å². The van der Waals surface area contributed by atoms with Crippen LogP contribution in [0.1, 0.15) is 39.6 Å². The van der Waals surface area contributed by atoms with Crippen molar-refractivity contribution in [3.05, 3.63) is 119 Å². The van der Waals surface area contributed by atoms with Gasteiger partial charge in [-0.15, -0.1) is 0 Å². The molecule has 0 aliphatic carbocycles. The molecule has 1 N–H and O–H groups in total. The third-order valence-electron chi connectivity index (χ3n) is 7.10. The first-order valence-electron chi connectivity index (χ1n) is 13.1. The van der Waals surface area contributed by atoms with E-state index in [4.69, 9.17) is 21.1 Å². The number of rotatable bonds is 10. The Morgan fingerprint density at radius 2 is 1.82 bits per heavy atom. The van der Waals surface area contributed by atoms with Crippen LogP contribution in [0.25, 0.3) is 11.3 Å². The van der Waals surface area contributed by atoms with Crippen molar-refractivity contribution in [1.29, 1.82) is 0 Å². The van der Waals surface area contributed by atoms with E-state index in [2.05, 4.69) is 15.2 Å². The Morgan fingerprint density at radius 3 is 2.58 bits per heavy atom. The van der Waals surface area contributed by atoms with Crippen LogP contribution in [-0.4, -0.2) is 44.2 Å². The van der Waals surface area contributed by atoms with E-state index in [1.165, 1.54) is 0 Å². The van der Waals surface area contributed by atoms with Crippen LogP contribution in [0.3, 0.4) is 0 Å². The molecule has 0 bridgehead atoms. The van der Waals surface area contributed by atoms with E-state index in [0.717, 1.165) is 40.9 Å². The van der Waals surface area contributed by atoms with E-state index in [1.807, 2.05) is 88.5 Å².